The lowest BCUT2D eigenvalue weighted by Crippen LogP contribution is -2.60. The van der Waals surface area contributed by atoms with E-state index < -0.39 is 0 Å². The molecule has 0 aliphatic heterocycles. The summed E-state index contributed by atoms with van der Waals surface area (Å²) in [6.07, 6.45) is 6.36. The van der Waals surface area contributed by atoms with Gasteiger partial charge in [-0.15, -0.1) is 0 Å². The van der Waals surface area contributed by atoms with Gasteiger partial charge in [0.25, 0.3) is 0 Å². The monoisotopic (exact) mass is 264 g/mol. The number of fused-ring (bicyclic) bond motifs is 3. The van der Waals surface area contributed by atoms with E-state index in [9.17, 15) is 4.79 Å². The van der Waals surface area contributed by atoms with Crippen LogP contribution in [0.25, 0.3) is 0 Å². The van der Waals surface area contributed by atoms with Crippen LogP contribution >= 0.6 is 0 Å². The summed E-state index contributed by atoms with van der Waals surface area (Å²) in [6, 6.07) is 0. The van der Waals surface area contributed by atoms with Crippen molar-refractivity contribution in [2.45, 2.75) is 72.8 Å². The van der Waals surface area contributed by atoms with Crippen LogP contribution in [0.4, 0.5) is 0 Å². The van der Waals surface area contributed by atoms with Crippen molar-refractivity contribution in [3.63, 3.8) is 0 Å². The zero-order valence-electron chi connectivity index (χ0n) is 13.1. The van der Waals surface area contributed by atoms with Gasteiger partial charge in [0.15, 0.2) is 0 Å². The normalized spacial score (nSPS) is 50.9. The van der Waals surface area contributed by atoms with E-state index in [0.717, 1.165) is 18.3 Å². The van der Waals surface area contributed by atoms with E-state index in [1.54, 1.807) is 6.92 Å². The minimum Gasteiger partial charge on any atom is -0.462 e. The Morgan fingerprint density at radius 2 is 1.63 bits per heavy atom. The van der Waals surface area contributed by atoms with Crippen LogP contribution in [-0.2, 0) is 9.53 Å². The van der Waals surface area contributed by atoms with E-state index in [-0.39, 0.29) is 17.5 Å². The molecule has 3 rings (SSSR count). The fraction of sp³-hybridized carbons (Fsp3) is 0.941. The lowest BCUT2D eigenvalue weighted by atomic mass is 9.39. The molecule has 0 aromatic carbocycles. The molecule has 0 aromatic heterocycles. The first-order valence-corrected chi connectivity index (χ1v) is 7.88. The van der Waals surface area contributed by atoms with E-state index >= 15 is 0 Å². The molecular formula is C17H28O2. The molecule has 3 aliphatic rings. The SMILES string of the molecule is CC(=O)O[C@@H]1CC[C@]2(C)[C@H]3CC(C)(C)[C@@H]3CC[C@]12C. The molecule has 0 amide bonds. The lowest BCUT2D eigenvalue weighted by molar-refractivity contribution is -0.194. The van der Waals surface area contributed by atoms with Crippen molar-refractivity contribution in [2.75, 3.05) is 0 Å². The van der Waals surface area contributed by atoms with Crippen molar-refractivity contribution >= 4 is 5.97 Å². The Labute approximate surface area is 117 Å². The molecule has 3 saturated carbocycles. The quantitative estimate of drug-likeness (QED) is 0.664. The van der Waals surface area contributed by atoms with Crippen LogP contribution in [0.5, 0.6) is 0 Å². The minimum absolute atomic E-state index is 0.105. The summed E-state index contributed by atoms with van der Waals surface area (Å²) in [7, 11) is 0. The van der Waals surface area contributed by atoms with Gasteiger partial charge in [0.05, 0.1) is 0 Å². The maximum Gasteiger partial charge on any atom is 0.302 e. The number of ether oxygens (including phenoxy) is 1. The molecule has 0 bridgehead atoms. The largest absolute Gasteiger partial charge is 0.462 e. The number of hydrogen-bond acceptors (Lipinski definition) is 2. The van der Waals surface area contributed by atoms with Crippen LogP contribution < -0.4 is 0 Å². The maximum atomic E-state index is 11.4. The van der Waals surface area contributed by atoms with E-state index in [2.05, 4.69) is 27.7 Å². The second kappa shape index (κ2) is 3.77. The highest BCUT2D eigenvalue weighted by atomic mass is 16.5. The predicted octanol–water partition coefficient (Wildman–Crippen LogP) is 4.18. The van der Waals surface area contributed by atoms with E-state index in [0.29, 0.717) is 10.8 Å². The van der Waals surface area contributed by atoms with Crippen LogP contribution in [-0.4, -0.2) is 12.1 Å². The highest BCUT2D eigenvalue weighted by Gasteiger charge is 2.67. The average molecular weight is 264 g/mol. The Balaban J connectivity index is 1.87. The van der Waals surface area contributed by atoms with Gasteiger partial charge in [0, 0.05) is 12.3 Å². The van der Waals surface area contributed by atoms with Crippen LogP contribution in [0.3, 0.4) is 0 Å². The summed E-state index contributed by atoms with van der Waals surface area (Å²) in [5.74, 6) is 1.63. The lowest BCUT2D eigenvalue weighted by Gasteiger charge is -2.66. The van der Waals surface area contributed by atoms with Crippen molar-refractivity contribution in [2.24, 2.45) is 28.1 Å². The van der Waals surface area contributed by atoms with Gasteiger partial charge >= 0.3 is 5.97 Å². The molecule has 0 radical (unpaired) electrons. The molecule has 3 fully saturated rings. The van der Waals surface area contributed by atoms with Crippen molar-refractivity contribution in [3.8, 4) is 0 Å². The van der Waals surface area contributed by atoms with Crippen molar-refractivity contribution in [3.05, 3.63) is 0 Å². The first kappa shape index (κ1) is 13.5. The summed E-state index contributed by atoms with van der Waals surface area (Å²) in [5.41, 5.74) is 1.12. The van der Waals surface area contributed by atoms with Gasteiger partial charge in [-0.2, -0.15) is 0 Å². The van der Waals surface area contributed by atoms with Gasteiger partial charge in [0.2, 0.25) is 0 Å². The van der Waals surface area contributed by atoms with Crippen molar-refractivity contribution in [1.82, 2.24) is 0 Å². The van der Waals surface area contributed by atoms with Gasteiger partial charge in [-0.1, -0.05) is 27.7 Å². The highest BCUT2D eigenvalue weighted by Crippen LogP contribution is 2.73. The van der Waals surface area contributed by atoms with Gasteiger partial charge in [0.1, 0.15) is 6.10 Å². The van der Waals surface area contributed by atoms with E-state index in [4.69, 9.17) is 4.74 Å². The second-order valence-electron chi connectivity index (χ2n) is 8.42. The molecular weight excluding hydrogens is 236 g/mol. The molecule has 0 saturated heterocycles. The Morgan fingerprint density at radius 1 is 1.00 bits per heavy atom. The molecule has 5 atom stereocenters. The molecule has 108 valence electrons. The van der Waals surface area contributed by atoms with Crippen LogP contribution in [0.1, 0.15) is 66.7 Å². The number of hydrogen-bond donors (Lipinski definition) is 0. The Kier molecular flexibility index (Phi) is 2.67. The molecule has 0 unspecified atom stereocenters. The van der Waals surface area contributed by atoms with E-state index in [1.165, 1.54) is 25.7 Å². The molecule has 0 heterocycles. The van der Waals surface area contributed by atoms with Gasteiger partial charge in [-0.25, -0.2) is 0 Å². The second-order valence-corrected chi connectivity index (χ2v) is 8.42. The van der Waals surface area contributed by atoms with Crippen LogP contribution in [0.15, 0.2) is 0 Å². The Hall–Kier alpha value is -0.530. The third-order valence-corrected chi connectivity index (χ3v) is 7.28. The fourth-order valence-corrected chi connectivity index (χ4v) is 5.81. The van der Waals surface area contributed by atoms with E-state index in [1.807, 2.05) is 0 Å². The summed E-state index contributed by atoms with van der Waals surface area (Å²) < 4.78 is 5.67. The fourth-order valence-electron chi connectivity index (χ4n) is 5.81. The van der Waals surface area contributed by atoms with Crippen LogP contribution in [0.2, 0.25) is 0 Å². The molecule has 19 heavy (non-hydrogen) atoms. The molecule has 2 heteroatoms. The number of carbonyl (C=O) groups excluding carboxylic acids is 1. The standard InChI is InChI=1S/C17H28O2/c1-11(18)19-14-7-9-16(4)13-10-15(2,3)12(13)6-8-17(14,16)5/h12-14H,6-10H2,1-5H3/t12-,13+,14-,16-,17-/m1/s1. The summed E-state index contributed by atoms with van der Waals surface area (Å²) in [6.45, 7) is 11.3. The first-order valence-electron chi connectivity index (χ1n) is 7.88. The first-order chi connectivity index (χ1) is 8.71. The molecule has 0 N–H and O–H groups in total. The summed E-state index contributed by atoms with van der Waals surface area (Å²) in [4.78, 5) is 11.4. The van der Waals surface area contributed by atoms with Gasteiger partial charge < -0.3 is 4.74 Å². The predicted molar refractivity (Wildman–Crippen MR) is 75.6 cm³/mol. The Morgan fingerprint density at radius 3 is 2.21 bits per heavy atom. The Bertz CT molecular complexity index is 413. The molecule has 3 aliphatic carbocycles. The average Bonchev–Trinajstić information content (AvgIpc) is 2.52. The molecule has 2 nitrogen and oxygen atoms in total. The summed E-state index contributed by atoms with van der Waals surface area (Å²) in [5, 5.41) is 0. The zero-order valence-corrected chi connectivity index (χ0v) is 13.1. The minimum atomic E-state index is -0.105. The topological polar surface area (TPSA) is 26.3 Å². The third-order valence-electron chi connectivity index (χ3n) is 7.28. The smallest absolute Gasteiger partial charge is 0.302 e. The van der Waals surface area contributed by atoms with Crippen LogP contribution in [0, 0.1) is 28.1 Å². The third kappa shape index (κ3) is 1.58. The van der Waals surface area contributed by atoms with Gasteiger partial charge in [-0.05, 0) is 54.8 Å². The highest BCUT2D eigenvalue weighted by molar-refractivity contribution is 5.66. The number of carbonyl (C=O) groups is 1. The number of rotatable bonds is 1. The van der Waals surface area contributed by atoms with Crippen molar-refractivity contribution in [1.29, 1.82) is 0 Å². The number of esters is 1. The molecule has 0 spiro atoms. The van der Waals surface area contributed by atoms with Crippen molar-refractivity contribution < 1.29 is 9.53 Å². The maximum absolute atomic E-state index is 11.4. The zero-order chi connectivity index (χ0) is 14.1. The van der Waals surface area contributed by atoms with Gasteiger partial charge in [-0.3, -0.25) is 4.79 Å². The molecule has 0 aromatic rings. The summed E-state index contributed by atoms with van der Waals surface area (Å²) >= 11 is 0.